The van der Waals surface area contributed by atoms with E-state index in [0.29, 0.717) is 23.5 Å². The third-order valence-corrected chi connectivity index (χ3v) is 9.80. The second kappa shape index (κ2) is 16.7. The maximum Gasteiger partial charge on any atom is 0.264 e. The average molecular weight is 674 g/mol. The zero-order chi connectivity index (χ0) is 34.7. The highest BCUT2D eigenvalue weighted by Crippen LogP contribution is 2.32. The van der Waals surface area contributed by atoms with Crippen LogP contribution in [0.25, 0.3) is 0 Å². The van der Waals surface area contributed by atoms with E-state index in [0.717, 1.165) is 9.87 Å². The Bertz CT molecular complexity index is 1770. The standard InChI is InChI=1S/C37H43N3O7S/c1-6-27(2)38-37(42)33(23-28-14-9-7-10-15-28)39(25-29-16-13-19-31(22-29)45-3)36(41)26-40(30-17-11-8-12-18-30)48(43,44)32-20-21-34(46-4)35(24-32)47-5/h7-22,24,27,33H,6,23,25-26H2,1-5H3,(H,38,42)/t27-,33+/m1/s1. The molecule has 0 saturated heterocycles. The number of sulfonamides is 1. The van der Waals surface area contributed by atoms with Crippen LogP contribution in [0.15, 0.2) is 108 Å². The van der Waals surface area contributed by atoms with Gasteiger partial charge < -0.3 is 24.4 Å². The molecule has 4 rings (SSSR count). The van der Waals surface area contributed by atoms with E-state index in [9.17, 15) is 18.0 Å². The molecule has 10 nitrogen and oxygen atoms in total. The first-order valence-electron chi connectivity index (χ1n) is 15.7. The lowest BCUT2D eigenvalue weighted by atomic mass is 10.0. The minimum Gasteiger partial charge on any atom is -0.497 e. The summed E-state index contributed by atoms with van der Waals surface area (Å²) in [5.41, 5.74) is 1.85. The van der Waals surface area contributed by atoms with E-state index in [-0.39, 0.29) is 41.2 Å². The number of hydrogen-bond acceptors (Lipinski definition) is 7. The molecule has 0 aliphatic heterocycles. The number of carbonyl (C=O) groups excluding carboxylic acids is 2. The lowest BCUT2D eigenvalue weighted by Crippen LogP contribution is -2.54. The van der Waals surface area contributed by atoms with Crippen LogP contribution in [0.4, 0.5) is 5.69 Å². The predicted octanol–water partition coefficient (Wildman–Crippen LogP) is 5.46. The normalized spacial score (nSPS) is 12.4. The molecule has 0 saturated carbocycles. The van der Waals surface area contributed by atoms with Gasteiger partial charge in [-0.25, -0.2) is 8.42 Å². The van der Waals surface area contributed by atoms with E-state index < -0.39 is 28.5 Å². The maximum atomic E-state index is 14.6. The van der Waals surface area contributed by atoms with Gasteiger partial charge in [-0.3, -0.25) is 13.9 Å². The topological polar surface area (TPSA) is 114 Å². The highest BCUT2D eigenvalue weighted by atomic mass is 32.2. The summed E-state index contributed by atoms with van der Waals surface area (Å²) < 4.78 is 45.9. The number of benzene rings is 4. The first-order valence-corrected chi connectivity index (χ1v) is 17.1. The van der Waals surface area contributed by atoms with Crippen LogP contribution in [-0.4, -0.2) is 65.1 Å². The highest BCUT2D eigenvalue weighted by molar-refractivity contribution is 7.92. The zero-order valence-electron chi connectivity index (χ0n) is 28.0. The van der Waals surface area contributed by atoms with Gasteiger partial charge in [0.2, 0.25) is 11.8 Å². The minimum absolute atomic E-state index is 0.0283. The van der Waals surface area contributed by atoms with Crippen molar-refractivity contribution in [2.24, 2.45) is 0 Å². The molecule has 11 heteroatoms. The highest BCUT2D eigenvalue weighted by Gasteiger charge is 2.35. The summed E-state index contributed by atoms with van der Waals surface area (Å²) in [6, 6.07) is 28.2. The van der Waals surface area contributed by atoms with Crippen molar-refractivity contribution >= 4 is 27.5 Å². The molecule has 254 valence electrons. The van der Waals surface area contributed by atoms with Gasteiger partial charge in [0.05, 0.1) is 31.9 Å². The summed E-state index contributed by atoms with van der Waals surface area (Å²) in [6.45, 7) is 3.32. The zero-order valence-corrected chi connectivity index (χ0v) is 28.8. The number of nitrogens with zero attached hydrogens (tertiary/aromatic N) is 2. The molecule has 0 spiro atoms. The Balaban J connectivity index is 1.82. The number of amides is 2. The van der Waals surface area contributed by atoms with Crippen molar-refractivity contribution in [1.29, 1.82) is 0 Å². The molecule has 4 aromatic carbocycles. The van der Waals surface area contributed by atoms with Crippen molar-refractivity contribution in [3.63, 3.8) is 0 Å². The van der Waals surface area contributed by atoms with Crippen molar-refractivity contribution in [2.45, 2.75) is 50.2 Å². The van der Waals surface area contributed by atoms with Gasteiger partial charge in [-0.1, -0.05) is 67.6 Å². The quantitative estimate of drug-likeness (QED) is 0.168. The van der Waals surface area contributed by atoms with E-state index in [1.165, 1.54) is 37.3 Å². The number of methoxy groups -OCH3 is 3. The average Bonchev–Trinajstić information content (AvgIpc) is 3.12. The van der Waals surface area contributed by atoms with Crippen molar-refractivity contribution in [3.8, 4) is 17.2 Å². The summed E-state index contributed by atoms with van der Waals surface area (Å²) in [5, 5.41) is 3.04. The van der Waals surface area contributed by atoms with E-state index in [4.69, 9.17) is 14.2 Å². The molecule has 1 N–H and O–H groups in total. The summed E-state index contributed by atoms with van der Waals surface area (Å²) in [5.74, 6) is 0.274. The molecule has 0 fully saturated rings. The third-order valence-electron chi connectivity index (χ3n) is 8.03. The van der Waals surface area contributed by atoms with Gasteiger partial charge in [-0.15, -0.1) is 0 Å². The van der Waals surface area contributed by atoms with Crippen LogP contribution in [0.1, 0.15) is 31.4 Å². The van der Waals surface area contributed by atoms with Gasteiger partial charge in [0.25, 0.3) is 10.0 Å². The Morgan fingerprint density at radius 3 is 2.04 bits per heavy atom. The molecule has 0 heterocycles. The summed E-state index contributed by atoms with van der Waals surface area (Å²) in [4.78, 5) is 30.0. The lowest BCUT2D eigenvalue weighted by Gasteiger charge is -2.34. The first kappa shape index (κ1) is 35.8. The van der Waals surface area contributed by atoms with E-state index in [2.05, 4.69) is 5.32 Å². The van der Waals surface area contributed by atoms with Crippen molar-refractivity contribution < 1.29 is 32.2 Å². The SMILES string of the molecule is CC[C@@H](C)NC(=O)[C@H](Cc1ccccc1)N(Cc1cccc(OC)c1)C(=O)CN(c1ccccc1)S(=O)(=O)c1ccc(OC)c(OC)c1. The fraction of sp³-hybridized carbons (Fsp3) is 0.297. The van der Waals surface area contributed by atoms with Crippen LogP contribution in [0.2, 0.25) is 0 Å². The number of anilines is 1. The van der Waals surface area contributed by atoms with Crippen LogP contribution >= 0.6 is 0 Å². The maximum absolute atomic E-state index is 14.6. The number of ether oxygens (including phenoxy) is 3. The number of nitrogens with one attached hydrogen (secondary N) is 1. The largest absolute Gasteiger partial charge is 0.497 e. The summed E-state index contributed by atoms with van der Waals surface area (Å²) in [7, 11) is 0.107. The monoisotopic (exact) mass is 673 g/mol. The molecular formula is C37H43N3O7S. The van der Waals surface area contributed by atoms with Crippen LogP contribution < -0.4 is 23.8 Å². The predicted molar refractivity (Wildman–Crippen MR) is 186 cm³/mol. The molecule has 48 heavy (non-hydrogen) atoms. The smallest absolute Gasteiger partial charge is 0.264 e. The molecule has 2 amide bonds. The summed E-state index contributed by atoms with van der Waals surface area (Å²) >= 11 is 0. The molecule has 0 radical (unpaired) electrons. The van der Waals surface area contributed by atoms with Gasteiger partial charge in [0, 0.05) is 25.1 Å². The number of hydrogen-bond donors (Lipinski definition) is 1. The second-order valence-electron chi connectivity index (χ2n) is 11.3. The second-order valence-corrected chi connectivity index (χ2v) is 13.1. The van der Waals surface area contributed by atoms with Crippen LogP contribution in [-0.2, 0) is 32.6 Å². The molecule has 0 aliphatic carbocycles. The molecular weight excluding hydrogens is 630 g/mol. The number of rotatable bonds is 16. The number of carbonyl (C=O) groups is 2. The minimum atomic E-state index is -4.32. The van der Waals surface area contributed by atoms with Crippen LogP contribution in [0.3, 0.4) is 0 Å². The van der Waals surface area contributed by atoms with Crippen molar-refractivity contribution in [1.82, 2.24) is 10.2 Å². The molecule has 0 bridgehead atoms. The van der Waals surface area contributed by atoms with Gasteiger partial charge >= 0.3 is 0 Å². The molecule has 0 unspecified atom stereocenters. The Labute approximate surface area is 283 Å². The van der Waals surface area contributed by atoms with Gasteiger partial charge in [0.15, 0.2) is 11.5 Å². The Hall–Kier alpha value is -5.03. The van der Waals surface area contributed by atoms with Crippen molar-refractivity contribution in [2.75, 3.05) is 32.2 Å². The number of para-hydroxylation sites is 1. The van der Waals surface area contributed by atoms with Gasteiger partial charge in [-0.05, 0) is 60.9 Å². The lowest BCUT2D eigenvalue weighted by molar-refractivity contribution is -0.140. The van der Waals surface area contributed by atoms with Crippen LogP contribution in [0.5, 0.6) is 17.2 Å². The first-order chi connectivity index (χ1) is 23.1. The Morgan fingerprint density at radius 1 is 0.771 bits per heavy atom. The Morgan fingerprint density at radius 2 is 1.42 bits per heavy atom. The fourth-order valence-electron chi connectivity index (χ4n) is 5.19. The van der Waals surface area contributed by atoms with E-state index >= 15 is 0 Å². The molecule has 2 atom stereocenters. The Kier molecular flexibility index (Phi) is 12.5. The third kappa shape index (κ3) is 8.86. The van der Waals surface area contributed by atoms with Gasteiger partial charge in [-0.2, -0.15) is 0 Å². The molecule has 0 aromatic heterocycles. The molecule has 0 aliphatic rings. The molecule has 4 aromatic rings. The van der Waals surface area contributed by atoms with Gasteiger partial charge in [0.1, 0.15) is 18.3 Å². The van der Waals surface area contributed by atoms with E-state index in [1.807, 2.05) is 50.2 Å². The fourth-order valence-corrected chi connectivity index (χ4v) is 6.62. The summed E-state index contributed by atoms with van der Waals surface area (Å²) in [6.07, 6.45) is 0.908. The van der Waals surface area contributed by atoms with E-state index in [1.54, 1.807) is 55.6 Å². The van der Waals surface area contributed by atoms with Crippen LogP contribution in [0, 0.1) is 0 Å². The van der Waals surface area contributed by atoms with Crippen molar-refractivity contribution in [3.05, 3.63) is 114 Å².